The maximum absolute atomic E-state index is 10.7. The van der Waals surface area contributed by atoms with E-state index in [0.29, 0.717) is 13.0 Å². The Morgan fingerprint density at radius 1 is 1.67 bits per heavy atom. The van der Waals surface area contributed by atoms with Crippen LogP contribution in [-0.4, -0.2) is 33.7 Å². The van der Waals surface area contributed by atoms with Gasteiger partial charge in [0.2, 0.25) is 5.95 Å². The number of aromatic nitrogens is 2. The number of rotatable bonds is 2. The zero-order valence-corrected chi connectivity index (χ0v) is 9.28. The van der Waals surface area contributed by atoms with E-state index in [1.807, 2.05) is 22.7 Å². The Hall–Kier alpha value is -1.23. The average molecular weight is 232 g/mol. The summed E-state index contributed by atoms with van der Waals surface area (Å²) in [6.07, 6.45) is 4.30. The van der Waals surface area contributed by atoms with Gasteiger partial charge < -0.3 is 14.6 Å². The molecule has 1 aliphatic rings. The van der Waals surface area contributed by atoms with Gasteiger partial charge in [-0.25, -0.2) is 4.98 Å². The van der Waals surface area contributed by atoms with Gasteiger partial charge in [0.1, 0.15) is 0 Å². The van der Waals surface area contributed by atoms with Crippen molar-refractivity contribution in [3.63, 3.8) is 0 Å². The summed E-state index contributed by atoms with van der Waals surface area (Å²) in [6.45, 7) is 1.35. The Labute approximate surface area is 94.1 Å². The molecular formula is C9H14ClN3O2. The molecule has 5 nitrogen and oxygen atoms in total. The van der Waals surface area contributed by atoms with Crippen molar-refractivity contribution in [1.82, 2.24) is 9.55 Å². The van der Waals surface area contributed by atoms with E-state index in [0.717, 1.165) is 12.5 Å². The first-order chi connectivity index (χ1) is 6.68. The lowest BCUT2D eigenvalue weighted by molar-refractivity contribution is -0.140. The Morgan fingerprint density at radius 2 is 2.40 bits per heavy atom. The van der Waals surface area contributed by atoms with Gasteiger partial charge in [-0.05, 0) is 6.42 Å². The number of carbonyl (C=O) groups is 1. The van der Waals surface area contributed by atoms with Crippen molar-refractivity contribution in [2.24, 2.45) is 13.0 Å². The van der Waals surface area contributed by atoms with Gasteiger partial charge in [0.05, 0.1) is 5.92 Å². The topological polar surface area (TPSA) is 58.4 Å². The van der Waals surface area contributed by atoms with Crippen LogP contribution in [0.25, 0.3) is 0 Å². The molecule has 0 saturated carbocycles. The van der Waals surface area contributed by atoms with E-state index < -0.39 is 5.97 Å². The Bertz CT molecular complexity index is 353. The van der Waals surface area contributed by atoms with E-state index in [2.05, 4.69) is 4.98 Å². The van der Waals surface area contributed by atoms with E-state index >= 15 is 0 Å². The van der Waals surface area contributed by atoms with Crippen LogP contribution in [-0.2, 0) is 11.8 Å². The monoisotopic (exact) mass is 231 g/mol. The van der Waals surface area contributed by atoms with Crippen molar-refractivity contribution in [3.05, 3.63) is 12.4 Å². The summed E-state index contributed by atoms with van der Waals surface area (Å²) in [5, 5.41) is 8.84. The molecule has 1 aromatic heterocycles. The van der Waals surface area contributed by atoms with Crippen molar-refractivity contribution >= 4 is 24.3 Å². The molecule has 2 rings (SSSR count). The molecule has 1 N–H and O–H groups in total. The van der Waals surface area contributed by atoms with E-state index in [9.17, 15) is 4.79 Å². The van der Waals surface area contributed by atoms with E-state index in [1.54, 1.807) is 6.20 Å². The number of hydrogen-bond donors (Lipinski definition) is 1. The van der Waals surface area contributed by atoms with E-state index in [1.165, 1.54) is 0 Å². The van der Waals surface area contributed by atoms with Crippen LogP contribution in [0, 0.1) is 5.92 Å². The average Bonchev–Trinajstić information content (AvgIpc) is 2.71. The zero-order chi connectivity index (χ0) is 10.1. The quantitative estimate of drug-likeness (QED) is 0.816. The van der Waals surface area contributed by atoms with Crippen LogP contribution in [0.5, 0.6) is 0 Å². The lowest BCUT2D eigenvalue weighted by Gasteiger charge is -2.16. The largest absolute Gasteiger partial charge is 0.481 e. The summed E-state index contributed by atoms with van der Waals surface area (Å²) in [5.41, 5.74) is 0. The molecule has 0 radical (unpaired) electrons. The fourth-order valence-electron chi connectivity index (χ4n) is 1.81. The minimum Gasteiger partial charge on any atom is -0.481 e. The van der Waals surface area contributed by atoms with Crippen LogP contribution in [0.1, 0.15) is 6.42 Å². The first-order valence-corrected chi connectivity index (χ1v) is 4.63. The van der Waals surface area contributed by atoms with Gasteiger partial charge in [-0.2, -0.15) is 0 Å². The molecule has 6 heteroatoms. The second-order valence-electron chi connectivity index (χ2n) is 3.61. The molecule has 1 fully saturated rings. The van der Waals surface area contributed by atoms with Crippen LogP contribution in [0.3, 0.4) is 0 Å². The Morgan fingerprint density at radius 3 is 2.87 bits per heavy atom. The minimum atomic E-state index is -0.707. The molecule has 0 amide bonds. The lowest BCUT2D eigenvalue weighted by atomic mass is 10.1. The van der Waals surface area contributed by atoms with Gasteiger partial charge in [-0.15, -0.1) is 12.4 Å². The summed E-state index contributed by atoms with van der Waals surface area (Å²) in [6, 6.07) is 0. The standard InChI is InChI=1S/C9H13N3O2.ClH/c1-11-5-3-10-9(11)12-4-2-7(6-12)8(13)14;/h3,5,7H,2,4,6H2,1H3,(H,13,14);1H. The van der Waals surface area contributed by atoms with Crippen molar-refractivity contribution in [1.29, 1.82) is 0 Å². The number of aryl methyl sites for hydroxylation is 1. The summed E-state index contributed by atoms with van der Waals surface area (Å²) in [5.74, 6) is -0.0952. The first-order valence-electron chi connectivity index (χ1n) is 4.63. The second kappa shape index (κ2) is 4.53. The molecule has 2 heterocycles. The van der Waals surface area contributed by atoms with Crippen molar-refractivity contribution in [3.8, 4) is 0 Å². The maximum Gasteiger partial charge on any atom is 0.308 e. The second-order valence-corrected chi connectivity index (χ2v) is 3.61. The fraction of sp³-hybridized carbons (Fsp3) is 0.556. The highest BCUT2D eigenvalue weighted by molar-refractivity contribution is 5.85. The molecular weight excluding hydrogens is 218 g/mol. The number of hydrogen-bond acceptors (Lipinski definition) is 3. The smallest absolute Gasteiger partial charge is 0.308 e. The summed E-state index contributed by atoms with van der Waals surface area (Å²) >= 11 is 0. The number of anilines is 1. The van der Waals surface area contributed by atoms with Crippen LogP contribution in [0.15, 0.2) is 12.4 Å². The van der Waals surface area contributed by atoms with Gasteiger partial charge in [0, 0.05) is 32.5 Å². The highest BCUT2D eigenvalue weighted by Gasteiger charge is 2.29. The van der Waals surface area contributed by atoms with Crippen LogP contribution < -0.4 is 4.90 Å². The van der Waals surface area contributed by atoms with Crippen molar-refractivity contribution < 1.29 is 9.90 Å². The number of aliphatic carboxylic acids is 1. The van der Waals surface area contributed by atoms with Gasteiger partial charge in [0.15, 0.2) is 0 Å². The molecule has 0 aliphatic carbocycles. The zero-order valence-electron chi connectivity index (χ0n) is 8.46. The summed E-state index contributed by atoms with van der Waals surface area (Å²) in [4.78, 5) is 16.9. The predicted molar refractivity (Wildman–Crippen MR) is 58.4 cm³/mol. The molecule has 1 aromatic rings. The molecule has 0 bridgehead atoms. The third-order valence-electron chi connectivity index (χ3n) is 2.62. The SMILES string of the molecule is Cl.Cn1ccnc1N1CCC(C(=O)O)C1. The molecule has 1 atom stereocenters. The Balaban J connectivity index is 0.00000112. The van der Waals surface area contributed by atoms with E-state index in [-0.39, 0.29) is 18.3 Å². The normalized spacial score (nSPS) is 20.1. The lowest BCUT2D eigenvalue weighted by Crippen LogP contribution is -2.24. The van der Waals surface area contributed by atoms with Gasteiger partial charge in [-0.1, -0.05) is 0 Å². The van der Waals surface area contributed by atoms with Crippen molar-refractivity contribution in [2.45, 2.75) is 6.42 Å². The maximum atomic E-state index is 10.7. The first kappa shape index (κ1) is 11.8. The Kier molecular flexibility index (Phi) is 3.57. The fourth-order valence-corrected chi connectivity index (χ4v) is 1.81. The van der Waals surface area contributed by atoms with Crippen LogP contribution in [0.4, 0.5) is 5.95 Å². The van der Waals surface area contributed by atoms with E-state index in [4.69, 9.17) is 5.11 Å². The third kappa shape index (κ3) is 2.23. The molecule has 0 spiro atoms. The third-order valence-corrected chi connectivity index (χ3v) is 2.62. The molecule has 1 aliphatic heterocycles. The molecule has 15 heavy (non-hydrogen) atoms. The molecule has 84 valence electrons. The van der Waals surface area contributed by atoms with Gasteiger partial charge in [0.25, 0.3) is 0 Å². The molecule has 0 aromatic carbocycles. The van der Waals surface area contributed by atoms with Gasteiger partial charge in [-0.3, -0.25) is 4.79 Å². The number of carboxylic acid groups (broad SMARTS) is 1. The summed E-state index contributed by atoms with van der Waals surface area (Å²) in [7, 11) is 1.91. The number of carboxylic acids is 1. The summed E-state index contributed by atoms with van der Waals surface area (Å²) < 4.78 is 1.91. The van der Waals surface area contributed by atoms with Crippen LogP contribution >= 0.6 is 12.4 Å². The predicted octanol–water partition coefficient (Wildman–Crippen LogP) is 0.753. The van der Waals surface area contributed by atoms with Crippen LogP contribution in [0.2, 0.25) is 0 Å². The molecule has 1 unspecified atom stereocenters. The number of imidazole rings is 1. The number of nitrogens with zero attached hydrogens (tertiary/aromatic N) is 3. The van der Waals surface area contributed by atoms with Gasteiger partial charge >= 0.3 is 5.97 Å². The molecule has 1 saturated heterocycles. The van der Waals surface area contributed by atoms with Crippen molar-refractivity contribution in [2.75, 3.05) is 18.0 Å². The highest BCUT2D eigenvalue weighted by atomic mass is 35.5. The number of halogens is 1. The minimum absolute atomic E-state index is 0. The highest BCUT2D eigenvalue weighted by Crippen LogP contribution is 2.21.